The molecule has 1 aromatic carbocycles. The minimum absolute atomic E-state index is 1.09. The molecule has 14 heavy (non-hydrogen) atoms. The lowest BCUT2D eigenvalue weighted by atomic mass is 10.1. The Morgan fingerprint density at radius 3 is 1.71 bits per heavy atom. The highest BCUT2D eigenvalue weighted by atomic mass is 19.3. The molecule has 0 aromatic heterocycles. The maximum atomic E-state index is 12.7. The molecule has 0 heterocycles. The van der Waals surface area contributed by atoms with Gasteiger partial charge in [-0.3, -0.25) is 0 Å². The Morgan fingerprint density at radius 1 is 0.929 bits per heavy atom. The third-order valence-corrected chi connectivity index (χ3v) is 1.49. The first-order valence-electron chi connectivity index (χ1n) is 3.45. The molecule has 0 atom stereocenters. The molecule has 0 aliphatic rings. The Hall–Kier alpha value is -1.20. The second kappa shape index (κ2) is 3.89. The van der Waals surface area contributed by atoms with Crippen LogP contribution in [0.3, 0.4) is 0 Å². The van der Waals surface area contributed by atoms with Crippen molar-refractivity contribution >= 4 is 0 Å². The first-order valence-corrected chi connectivity index (χ1v) is 3.45. The van der Waals surface area contributed by atoms with E-state index >= 15 is 0 Å². The summed E-state index contributed by atoms with van der Waals surface area (Å²) in [6, 6.07) is 1.09. The quantitative estimate of drug-likeness (QED) is 0.523. The summed E-state index contributed by atoms with van der Waals surface area (Å²) in [5.74, 6) is -7.27. The lowest BCUT2D eigenvalue weighted by Crippen LogP contribution is -2.07. The van der Waals surface area contributed by atoms with Crippen LogP contribution in [0.5, 0.6) is 0 Å². The molecule has 0 N–H and O–H groups in total. The Kier molecular flexibility index (Phi) is 3.03. The van der Waals surface area contributed by atoms with Crippen molar-refractivity contribution in [1.82, 2.24) is 0 Å². The fourth-order valence-corrected chi connectivity index (χ4v) is 0.901. The Bertz CT molecular complexity index is 320. The maximum absolute atomic E-state index is 12.7. The fourth-order valence-electron chi connectivity index (χ4n) is 0.901. The normalized spacial score (nSPS) is 11.1. The first kappa shape index (κ1) is 10.9. The number of hydrogen-bond donors (Lipinski definition) is 0. The second-order valence-corrected chi connectivity index (χ2v) is 2.45. The van der Waals surface area contributed by atoms with Gasteiger partial charge in [0.25, 0.3) is 0 Å². The standard InChI is InChI=1S/C8H3F6/c9-4-2-5(10)8(14)3(7(4)13)1-6(11)12/h6H,1H2. The lowest BCUT2D eigenvalue weighted by molar-refractivity contribution is 0.145. The molecule has 1 aromatic rings. The third kappa shape index (κ3) is 2.00. The van der Waals surface area contributed by atoms with Crippen molar-refractivity contribution in [3.05, 3.63) is 34.9 Å². The number of alkyl halides is 2. The molecular formula is C8H3F6. The van der Waals surface area contributed by atoms with E-state index in [4.69, 9.17) is 0 Å². The van der Waals surface area contributed by atoms with Crippen molar-refractivity contribution < 1.29 is 26.3 Å². The summed E-state index contributed by atoms with van der Waals surface area (Å²) in [6.45, 7) is 0. The largest absolute Gasteiger partial charge is 0.242 e. The van der Waals surface area contributed by atoms with Crippen LogP contribution in [0, 0.1) is 29.3 Å². The van der Waals surface area contributed by atoms with Gasteiger partial charge in [-0.25, -0.2) is 26.3 Å². The van der Waals surface area contributed by atoms with Gasteiger partial charge in [0, 0.05) is 12.0 Å². The van der Waals surface area contributed by atoms with E-state index in [1.807, 2.05) is 0 Å². The number of benzene rings is 1. The van der Waals surface area contributed by atoms with Gasteiger partial charge in [-0.15, -0.1) is 0 Å². The third-order valence-electron chi connectivity index (χ3n) is 1.49. The lowest BCUT2D eigenvalue weighted by Gasteiger charge is -2.05. The predicted molar refractivity (Wildman–Crippen MR) is 34.8 cm³/mol. The summed E-state index contributed by atoms with van der Waals surface area (Å²) in [5, 5.41) is 0. The predicted octanol–water partition coefficient (Wildman–Crippen LogP) is 2.85. The van der Waals surface area contributed by atoms with Gasteiger partial charge in [-0.1, -0.05) is 0 Å². The molecule has 6 heteroatoms. The zero-order chi connectivity index (χ0) is 10.9. The number of hydrogen-bond acceptors (Lipinski definition) is 0. The van der Waals surface area contributed by atoms with Gasteiger partial charge in [-0.2, -0.15) is 0 Å². The zero-order valence-electron chi connectivity index (χ0n) is 6.55. The highest BCUT2D eigenvalue weighted by Gasteiger charge is 2.21. The van der Waals surface area contributed by atoms with Gasteiger partial charge in [0.15, 0.2) is 23.3 Å². The molecule has 77 valence electrons. The molecule has 0 fully saturated rings. The van der Waals surface area contributed by atoms with Crippen LogP contribution in [0.2, 0.25) is 0 Å². The summed E-state index contributed by atoms with van der Waals surface area (Å²) >= 11 is 0. The van der Waals surface area contributed by atoms with Crippen LogP contribution in [0.1, 0.15) is 5.56 Å². The minimum atomic E-state index is -3.08. The van der Waals surface area contributed by atoms with Gasteiger partial charge in [0.1, 0.15) is 0 Å². The monoisotopic (exact) mass is 213 g/mol. The van der Waals surface area contributed by atoms with Crippen molar-refractivity contribution in [2.24, 2.45) is 0 Å². The van der Waals surface area contributed by atoms with Crippen LogP contribution < -0.4 is 0 Å². The number of halogens is 6. The first-order chi connectivity index (χ1) is 6.43. The molecule has 0 bridgehead atoms. The van der Waals surface area contributed by atoms with Crippen LogP contribution in [0.25, 0.3) is 0 Å². The summed E-state index contributed by atoms with van der Waals surface area (Å²) in [6.07, 6.45) is -4.46. The van der Waals surface area contributed by atoms with Gasteiger partial charge >= 0.3 is 0 Å². The van der Waals surface area contributed by atoms with E-state index in [2.05, 4.69) is 0 Å². The van der Waals surface area contributed by atoms with Crippen LogP contribution in [-0.2, 0) is 6.42 Å². The van der Waals surface area contributed by atoms with Gasteiger partial charge in [0.05, 0.1) is 6.07 Å². The molecule has 0 saturated carbocycles. The van der Waals surface area contributed by atoms with Crippen molar-refractivity contribution in [1.29, 1.82) is 0 Å². The fraction of sp³-hybridized carbons (Fsp3) is 0.250. The highest BCUT2D eigenvalue weighted by molar-refractivity contribution is 5.22. The maximum Gasteiger partial charge on any atom is 0.242 e. The van der Waals surface area contributed by atoms with Gasteiger partial charge < -0.3 is 0 Å². The van der Waals surface area contributed by atoms with E-state index < -0.39 is 41.7 Å². The molecule has 0 unspecified atom stereocenters. The van der Waals surface area contributed by atoms with Crippen LogP contribution in [0.4, 0.5) is 26.3 Å². The van der Waals surface area contributed by atoms with E-state index in [-0.39, 0.29) is 0 Å². The Morgan fingerprint density at radius 2 is 1.36 bits per heavy atom. The molecular weight excluding hydrogens is 210 g/mol. The molecule has 1 radical (unpaired) electrons. The summed E-state index contributed by atoms with van der Waals surface area (Å²) in [4.78, 5) is 0. The number of rotatable bonds is 2. The van der Waals surface area contributed by atoms with E-state index in [1.54, 1.807) is 0 Å². The van der Waals surface area contributed by atoms with Gasteiger partial charge in [0.2, 0.25) is 6.43 Å². The highest BCUT2D eigenvalue weighted by Crippen LogP contribution is 2.21. The van der Waals surface area contributed by atoms with Crippen LogP contribution >= 0.6 is 0 Å². The Balaban J connectivity index is 3.25. The smallest absolute Gasteiger partial charge is 0.210 e. The molecule has 0 nitrogen and oxygen atoms in total. The van der Waals surface area contributed by atoms with Crippen LogP contribution in [-0.4, -0.2) is 6.43 Å². The molecule has 0 saturated heterocycles. The average molecular weight is 213 g/mol. The zero-order valence-corrected chi connectivity index (χ0v) is 6.55. The molecule has 0 amide bonds. The SMILES string of the molecule is Fc1[c]c(F)c(F)c(CC(F)F)c1F. The molecule has 0 aliphatic heterocycles. The molecule has 0 spiro atoms. The molecule has 0 aliphatic carbocycles. The second-order valence-electron chi connectivity index (χ2n) is 2.45. The van der Waals surface area contributed by atoms with E-state index in [0.29, 0.717) is 0 Å². The van der Waals surface area contributed by atoms with Gasteiger partial charge in [-0.05, 0) is 0 Å². The van der Waals surface area contributed by atoms with E-state index in [1.165, 1.54) is 0 Å². The van der Waals surface area contributed by atoms with E-state index in [0.717, 1.165) is 6.07 Å². The summed E-state index contributed by atoms with van der Waals surface area (Å²) < 4.78 is 73.6. The van der Waals surface area contributed by atoms with Crippen LogP contribution in [0.15, 0.2) is 0 Å². The van der Waals surface area contributed by atoms with Crippen molar-refractivity contribution in [3.63, 3.8) is 0 Å². The topological polar surface area (TPSA) is 0 Å². The summed E-state index contributed by atoms with van der Waals surface area (Å²) in [7, 11) is 0. The summed E-state index contributed by atoms with van der Waals surface area (Å²) in [5.41, 5.74) is -1.30. The van der Waals surface area contributed by atoms with Crippen molar-refractivity contribution in [3.8, 4) is 0 Å². The Labute approximate surface area is 75.2 Å². The van der Waals surface area contributed by atoms with E-state index in [9.17, 15) is 26.3 Å². The molecule has 1 rings (SSSR count). The minimum Gasteiger partial charge on any atom is -0.210 e. The van der Waals surface area contributed by atoms with Crippen molar-refractivity contribution in [2.75, 3.05) is 0 Å². The van der Waals surface area contributed by atoms with Crippen molar-refractivity contribution in [2.45, 2.75) is 12.8 Å². The average Bonchev–Trinajstić information content (AvgIpc) is 2.09.